The Labute approximate surface area is 153 Å². The molecule has 2 saturated heterocycles. The summed E-state index contributed by atoms with van der Waals surface area (Å²) in [6.45, 7) is 2.32. The van der Waals surface area contributed by atoms with Crippen molar-refractivity contribution in [2.45, 2.75) is 30.2 Å². The van der Waals surface area contributed by atoms with Crippen LogP contribution in [0.4, 0.5) is 5.69 Å². The van der Waals surface area contributed by atoms with E-state index in [1.54, 1.807) is 16.7 Å². The molecule has 1 unspecified atom stereocenters. The van der Waals surface area contributed by atoms with Crippen molar-refractivity contribution in [1.82, 2.24) is 10.6 Å². The summed E-state index contributed by atoms with van der Waals surface area (Å²) in [5.74, 6) is -0.205. The van der Waals surface area contributed by atoms with Gasteiger partial charge in [0.05, 0.1) is 5.92 Å². The molecule has 7 heteroatoms. The number of benzene rings is 1. The second-order valence-corrected chi connectivity index (χ2v) is 7.03. The van der Waals surface area contributed by atoms with Crippen molar-refractivity contribution in [2.24, 2.45) is 5.92 Å². The molecule has 1 aromatic rings. The van der Waals surface area contributed by atoms with Crippen molar-refractivity contribution in [1.29, 1.82) is 0 Å². The summed E-state index contributed by atoms with van der Waals surface area (Å²) >= 11 is 1.67. The summed E-state index contributed by atoms with van der Waals surface area (Å²) < 4.78 is 0. The minimum Gasteiger partial charge on any atom is -0.352 e. The summed E-state index contributed by atoms with van der Waals surface area (Å²) in [6, 6.07) is 8.12. The molecule has 2 heterocycles. The lowest BCUT2D eigenvalue weighted by molar-refractivity contribution is -0.127. The third-order valence-electron chi connectivity index (χ3n) is 4.52. The maximum atomic E-state index is 12.4. The molecule has 0 saturated carbocycles. The fourth-order valence-corrected chi connectivity index (χ4v) is 3.60. The van der Waals surface area contributed by atoms with E-state index in [4.69, 9.17) is 0 Å². The molecule has 0 aliphatic carbocycles. The lowest BCUT2D eigenvalue weighted by Crippen LogP contribution is -2.47. The van der Waals surface area contributed by atoms with Crippen molar-refractivity contribution in [2.75, 3.05) is 30.8 Å². The summed E-state index contributed by atoms with van der Waals surface area (Å²) in [4.78, 5) is 27.6. The van der Waals surface area contributed by atoms with Gasteiger partial charge in [-0.15, -0.1) is 24.2 Å². The number of hydrogen-bond donors (Lipinski definition) is 2. The molecular formula is C17H24ClN3O2S. The van der Waals surface area contributed by atoms with Crippen LogP contribution in [0.1, 0.15) is 19.3 Å². The smallest absolute Gasteiger partial charge is 0.227 e. The highest BCUT2D eigenvalue weighted by Gasteiger charge is 2.35. The van der Waals surface area contributed by atoms with Crippen LogP contribution < -0.4 is 15.5 Å². The average Bonchev–Trinajstić information content (AvgIpc) is 2.98. The van der Waals surface area contributed by atoms with Gasteiger partial charge in [-0.3, -0.25) is 9.59 Å². The summed E-state index contributed by atoms with van der Waals surface area (Å²) in [5, 5.41) is 6.38. The molecule has 3 rings (SSSR count). The van der Waals surface area contributed by atoms with E-state index in [-0.39, 0.29) is 36.2 Å². The van der Waals surface area contributed by atoms with E-state index >= 15 is 0 Å². The van der Waals surface area contributed by atoms with Crippen LogP contribution in [0.3, 0.4) is 0 Å². The number of halogens is 1. The van der Waals surface area contributed by atoms with Gasteiger partial charge in [-0.05, 0) is 49.9 Å². The zero-order valence-electron chi connectivity index (χ0n) is 13.8. The van der Waals surface area contributed by atoms with E-state index < -0.39 is 0 Å². The maximum Gasteiger partial charge on any atom is 0.227 e. The summed E-state index contributed by atoms with van der Waals surface area (Å²) in [5.41, 5.74) is 0.877. The zero-order chi connectivity index (χ0) is 16.2. The van der Waals surface area contributed by atoms with E-state index in [2.05, 4.69) is 10.6 Å². The van der Waals surface area contributed by atoms with E-state index in [0.29, 0.717) is 13.0 Å². The van der Waals surface area contributed by atoms with Crippen LogP contribution in [0, 0.1) is 5.92 Å². The van der Waals surface area contributed by atoms with Crippen molar-refractivity contribution < 1.29 is 9.59 Å². The van der Waals surface area contributed by atoms with Crippen molar-refractivity contribution in [3.05, 3.63) is 24.3 Å². The number of piperidine rings is 1. The molecule has 2 aliphatic rings. The largest absolute Gasteiger partial charge is 0.352 e. The average molecular weight is 370 g/mol. The number of nitrogens with zero attached hydrogens (tertiary/aromatic N) is 1. The molecule has 2 amide bonds. The van der Waals surface area contributed by atoms with Gasteiger partial charge in [-0.2, -0.15) is 0 Å². The summed E-state index contributed by atoms with van der Waals surface area (Å²) in [6.07, 6.45) is 4.43. The standard InChI is InChI=1S/C17H23N3O2S.ClH/c1-23-15-6-4-14(5-7-15)20-11-12(9-16(20)21)17(22)19-13-3-2-8-18-10-13;/h4-7,12-13,18H,2-3,8-11H2,1H3,(H,19,22);1H/t12?,13-;/m0./s1. The molecule has 2 atom stereocenters. The molecule has 0 aromatic heterocycles. The topological polar surface area (TPSA) is 61.4 Å². The van der Waals surface area contributed by atoms with E-state index in [1.807, 2.05) is 30.5 Å². The monoisotopic (exact) mass is 369 g/mol. The van der Waals surface area contributed by atoms with E-state index in [1.165, 1.54) is 4.90 Å². The normalized spacial score (nSPS) is 23.7. The number of thioether (sulfide) groups is 1. The Bertz CT molecular complexity index is 576. The van der Waals surface area contributed by atoms with Gasteiger partial charge in [0.25, 0.3) is 0 Å². The van der Waals surface area contributed by atoms with Crippen LogP contribution in [0.2, 0.25) is 0 Å². The number of rotatable bonds is 4. The second-order valence-electron chi connectivity index (χ2n) is 6.16. The Balaban J connectivity index is 0.00000208. The van der Waals surface area contributed by atoms with Gasteiger partial charge in [-0.1, -0.05) is 0 Å². The highest BCUT2D eigenvalue weighted by molar-refractivity contribution is 7.98. The molecule has 2 fully saturated rings. The maximum absolute atomic E-state index is 12.4. The third-order valence-corrected chi connectivity index (χ3v) is 5.27. The van der Waals surface area contributed by atoms with Crippen LogP contribution >= 0.6 is 24.2 Å². The van der Waals surface area contributed by atoms with Gasteiger partial charge in [-0.25, -0.2) is 0 Å². The first-order chi connectivity index (χ1) is 11.2. The van der Waals surface area contributed by atoms with Crippen LogP contribution in [0.25, 0.3) is 0 Å². The Morgan fingerprint density at radius 1 is 1.33 bits per heavy atom. The highest BCUT2D eigenvalue weighted by atomic mass is 35.5. The predicted molar refractivity (Wildman–Crippen MR) is 100.0 cm³/mol. The minimum atomic E-state index is -0.246. The van der Waals surface area contributed by atoms with Crippen LogP contribution in [0.5, 0.6) is 0 Å². The molecule has 5 nitrogen and oxygen atoms in total. The van der Waals surface area contributed by atoms with E-state index in [9.17, 15) is 9.59 Å². The Kier molecular flexibility index (Phi) is 6.95. The number of hydrogen-bond acceptors (Lipinski definition) is 4. The Hall–Kier alpha value is -1.24. The van der Waals surface area contributed by atoms with Gasteiger partial charge in [0.1, 0.15) is 0 Å². The second kappa shape index (κ2) is 8.74. The Morgan fingerprint density at radius 2 is 2.08 bits per heavy atom. The zero-order valence-corrected chi connectivity index (χ0v) is 15.4. The first-order valence-corrected chi connectivity index (χ1v) is 9.35. The number of carbonyl (C=O) groups is 2. The van der Waals surface area contributed by atoms with Gasteiger partial charge >= 0.3 is 0 Å². The first kappa shape index (κ1) is 19.1. The third kappa shape index (κ3) is 4.43. The van der Waals surface area contributed by atoms with Gasteiger partial charge in [0.15, 0.2) is 0 Å². The Morgan fingerprint density at radius 3 is 2.71 bits per heavy atom. The number of nitrogens with one attached hydrogen (secondary N) is 2. The van der Waals surface area contributed by atoms with E-state index in [0.717, 1.165) is 31.6 Å². The first-order valence-electron chi connectivity index (χ1n) is 8.13. The molecule has 0 radical (unpaired) electrons. The van der Waals surface area contributed by atoms with Crippen LogP contribution in [-0.4, -0.2) is 43.7 Å². The minimum absolute atomic E-state index is 0. The molecule has 2 aliphatic heterocycles. The van der Waals surface area contributed by atoms with Gasteiger partial charge < -0.3 is 15.5 Å². The number of anilines is 1. The predicted octanol–water partition coefficient (Wildman–Crippen LogP) is 2.05. The SMILES string of the molecule is CSc1ccc(N2CC(C(=O)N[C@H]3CCCNC3)CC2=O)cc1.Cl. The number of carbonyl (C=O) groups excluding carboxylic acids is 2. The van der Waals surface area contributed by atoms with Gasteiger partial charge in [0, 0.05) is 36.1 Å². The fraction of sp³-hybridized carbons (Fsp3) is 0.529. The van der Waals surface area contributed by atoms with Crippen LogP contribution in [-0.2, 0) is 9.59 Å². The molecule has 132 valence electrons. The quantitative estimate of drug-likeness (QED) is 0.797. The number of amides is 2. The molecule has 2 N–H and O–H groups in total. The lowest BCUT2D eigenvalue weighted by Gasteiger charge is -2.25. The summed E-state index contributed by atoms with van der Waals surface area (Å²) in [7, 11) is 0. The molecular weight excluding hydrogens is 346 g/mol. The van der Waals surface area contributed by atoms with Crippen LogP contribution in [0.15, 0.2) is 29.2 Å². The molecule has 0 spiro atoms. The van der Waals surface area contributed by atoms with Gasteiger partial charge in [0.2, 0.25) is 11.8 Å². The molecule has 0 bridgehead atoms. The van der Waals surface area contributed by atoms with Crippen molar-refractivity contribution >= 4 is 41.7 Å². The van der Waals surface area contributed by atoms with Crippen molar-refractivity contribution in [3.8, 4) is 0 Å². The van der Waals surface area contributed by atoms with Crippen molar-refractivity contribution in [3.63, 3.8) is 0 Å². The molecule has 24 heavy (non-hydrogen) atoms. The highest BCUT2D eigenvalue weighted by Crippen LogP contribution is 2.27. The lowest BCUT2D eigenvalue weighted by atomic mass is 10.0. The fourth-order valence-electron chi connectivity index (χ4n) is 3.19. The molecule has 1 aromatic carbocycles.